The molecule has 1 unspecified atom stereocenters. The molecule has 2 aromatic heterocycles. The van der Waals surface area contributed by atoms with Gasteiger partial charge in [-0.3, -0.25) is 9.97 Å². The summed E-state index contributed by atoms with van der Waals surface area (Å²) in [5, 5.41) is 0. The summed E-state index contributed by atoms with van der Waals surface area (Å²) in [4.78, 5) is 14.0. The highest BCUT2D eigenvalue weighted by molar-refractivity contribution is 5.20. The number of hydrogen-bond donors (Lipinski definition) is 0. The second kappa shape index (κ2) is 9.95. The Morgan fingerprint density at radius 1 is 0.889 bits per heavy atom. The van der Waals surface area contributed by atoms with Crippen LogP contribution in [-0.4, -0.2) is 48.0 Å². The van der Waals surface area contributed by atoms with Crippen molar-refractivity contribution in [3.63, 3.8) is 0 Å². The zero-order valence-electron chi connectivity index (χ0n) is 18.1. The molecule has 27 heavy (non-hydrogen) atoms. The van der Waals surface area contributed by atoms with Gasteiger partial charge in [0.25, 0.3) is 0 Å². The molecule has 4 nitrogen and oxygen atoms in total. The Balaban J connectivity index is 2.05. The standard InChI is InChI=1S/C23H36N4/c1-17(2)21-13-12-19(15-24-21)23(27(6)7)14-11-18(3)22-10-8-9-20(25-22)16-26(4)5/h8-10,12-13,15,17-18,23H,11,14,16H2,1-7H3/t18?,23-/m0/s1. The van der Waals surface area contributed by atoms with Crippen LogP contribution in [0.4, 0.5) is 0 Å². The average Bonchev–Trinajstić information content (AvgIpc) is 2.61. The molecule has 0 saturated heterocycles. The minimum absolute atomic E-state index is 0.381. The van der Waals surface area contributed by atoms with Crippen LogP contribution in [0.25, 0.3) is 0 Å². The zero-order valence-corrected chi connectivity index (χ0v) is 18.1. The molecule has 2 rings (SSSR count). The molecule has 0 spiro atoms. The first-order chi connectivity index (χ1) is 12.8. The maximum atomic E-state index is 4.87. The maximum absolute atomic E-state index is 4.87. The molecule has 0 fully saturated rings. The van der Waals surface area contributed by atoms with E-state index in [0.717, 1.165) is 30.8 Å². The maximum Gasteiger partial charge on any atom is 0.0547 e. The molecular weight excluding hydrogens is 332 g/mol. The van der Waals surface area contributed by atoms with E-state index >= 15 is 0 Å². The van der Waals surface area contributed by atoms with Crippen molar-refractivity contribution < 1.29 is 0 Å². The van der Waals surface area contributed by atoms with Crippen LogP contribution >= 0.6 is 0 Å². The van der Waals surface area contributed by atoms with Gasteiger partial charge in [-0.15, -0.1) is 0 Å². The van der Waals surface area contributed by atoms with Crippen molar-refractivity contribution in [1.29, 1.82) is 0 Å². The third-order valence-corrected chi connectivity index (χ3v) is 5.09. The Kier molecular flexibility index (Phi) is 7.93. The summed E-state index contributed by atoms with van der Waals surface area (Å²) in [7, 11) is 8.47. The van der Waals surface area contributed by atoms with E-state index in [1.54, 1.807) is 0 Å². The van der Waals surface area contributed by atoms with Gasteiger partial charge in [-0.2, -0.15) is 0 Å². The summed E-state index contributed by atoms with van der Waals surface area (Å²) < 4.78 is 0. The Labute approximate surface area is 165 Å². The van der Waals surface area contributed by atoms with Crippen LogP contribution in [-0.2, 0) is 6.54 Å². The first kappa shape index (κ1) is 21.5. The first-order valence-electron chi connectivity index (χ1n) is 10.0. The summed E-state index contributed by atoms with van der Waals surface area (Å²) in [5.41, 5.74) is 4.79. The molecule has 0 aliphatic rings. The lowest BCUT2D eigenvalue weighted by Gasteiger charge is -2.26. The van der Waals surface area contributed by atoms with E-state index in [4.69, 9.17) is 4.98 Å². The highest BCUT2D eigenvalue weighted by atomic mass is 15.1. The smallest absolute Gasteiger partial charge is 0.0547 e. The van der Waals surface area contributed by atoms with Gasteiger partial charge in [-0.25, -0.2) is 0 Å². The minimum Gasteiger partial charge on any atom is -0.304 e. The summed E-state index contributed by atoms with van der Waals surface area (Å²) in [6.45, 7) is 7.54. The van der Waals surface area contributed by atoms with E-state index in [0.29, 0.717) is 17.9 Å². The van der Waals surface area contributed by atoms with Crippen molar-refractivity contribution in [3.05, 3.63) is 59.2 Å². The lowest BCUT2D eigenvalue weighted by atomic mass is 9.94. The van der Waals surface area contributed by atoms with Gasteiger partial charge in [-0.1, -0.05) is 32.9 Å². The molecule has 0 amide bonds. The fourth-order valence-corrected chi connectivity index (χ4v) is 3.42. The lowest BCUT2D eigenvalue weighted by molar-refractivity contribution is 0.273. The predicted molar refractivity (Wildman–Crippen MR) is 114 cm³/mol. The Morgan fingerprint density at radius 2 is 1.63 bits per heavy atom. The van der Waals surface area contributed by atoms with Crippen LogP contribution < -0.4 is 0 Å². The summed E-state index contributed by atoms with van der Waals surface area (Å²) >= 11 is 0. The molecule has 0 N–H and O–H groups in total. The van der Waals surface area contributed by atoms with Crippen molar-refractivity contribution in [2.24, 2.45) is 0 Å². The predicted octanol–water partition coefficient (Wildman–Crippen LogP) is 4.85. The molecule has 148 valence electrons. The van der Waals surface area contributed by atoms with Gasteiger partial charge in [0.05, 0.1) is 5.69 Å². The second-order valence-corrected chi connectivity index (χ2v) is 8.42. The van der Waals surface area contributed by atoms with E-state index in [-0.39, 0.29) is 0 Å². The van der Waals surface area contributed by atoms with Crippen LogP contribution in [0, 0.1) is 0 Å². The number of hydrogen-bond acceptors (Lipinski definition) is 4. The van der Waals surface area contributed by atoms with E-state index in [1.165, 1.54) is 11.3 Å². The largest absolute Gasteiger partial charge is 0.304 e. The van der Waals surface area contributed by atoms with Crippen LogP contribution in [0.2, 0.25) is 0 Å². The third-order valence-electron chi connectivity index (χ3n) is 5.09. The van der Waals surface area contributed by atoms with Gasteiger partial charge in [0.1, 0.15) is 0 Å². The molecule has 0 radical (unpaired) electrons. The fraction of sp³-hybridized carbons (Fsp3) is 0.565. The molecule has 0 bridgehead atoms. The highest BCUT2D eigenvalue weighted by Gasteiger charge is 2.18. The molecule has 0 aliphatic heterocycles. The summed E-state index contributed by atoms with van der Waals surface area (Å²) in [5.74, 6) is 0.912. The van der Waals surface area contributed by atoms with E-state index < -0.39 is 0 Å². The van der Waals surface area contributed by atoms with Crippen LogP contribution in [0.5, 0.6) is 0 Å². The van der Waals surface area contributed by atoms with Crippen LogP contribution in [0.1, 0.15) is 74.1 Å². The summed E-state index contributed by atoms with van der Waals surface area (Å²) in [6.07, 6.45) is 4.25. The zero-order chi connectivity index (χ0) is 20.0. The Morgan fingerprint density at radius 3 is 2.19 bits per heavy atom. The van der Waals surface area contributed by atoms with E-state index in [9.17, 15) is 0 Å². The SMILES string of the molecule is CC(C)c1ccc([C@H](CCC(C)c2cccc(CN(C)C)n2)N(C)C)cn1. The lowest BCUT2D eigenvalue weighted by Crippen LogP contribution is -2.21. The van der Waals surface area contributed by atoms with Gasteiger partial charge in [0.15, 0.2) is 0 Å². The normalized spacial score (nSPS) is 14.1. The molecule has 0 aliphatic carbocycles. The molecule has 2 aromatic rings. The second-order valence-electron chi connectivity index (χ2n) is 8.42. The molecule has 2 atom stereocenters. The number of pyridine rings is 2. The van der Waals surface area contributed by atoms with Crippen LogP contribution in [0.3, 0.4) is 0 Å². The van der Waals surface area contributed by atoms with Crippen molar-refractivity contribution >= 4 is 0 Å². The van der Waals surface area contributed by atoms with Gasteiger partial charge in [0, 0.05) is 30.2 Å². The Hall–Kier alpha value is -1.78. The van der Waals surface area contributed by atoms with Gasteiger partial charge >= 0.3 is 0 Å². The van der Waals surface area contributed by atoms with Gasteiger partial charge in [0.2, 0.25) is 0 Å². The topological polar surface area (TPSA) is 32.3 Å². The number of aromatic nitrogens is 2. The van der Waals surface area contributed by atoms with E-state index in [1.807, 2.05) is 0 Å². The van der Waals surface area contributed by atoms with E-state index in [2.05, 4.69) is 100 Å². The van der Waals surface area contributed by atoms with Crippen molar-refractivity contribution in [3.8, 4) is 0 Å². The molecule has 4 heteroatoms. The first-order valence-corrected chi connectivity index (χ1v) is 10.0. The molecule has 0 aromatic carbocycles. The fourth-order valence-electron chi connectivity index (χ4n) is 3.42. The van der Waals surface area contributed by atoms with Gasteiger partial charge < -0.3 is 9.80 Å². The van der Waals surface area contributed by atoms with Gasteiger partial charge in [-0.05, 0) is 76.6 Å². The number of nitrogens with zero attached hydrogens (tertiary/aromatic N) is 4. The van der Waals surface area contributed by atoms with Crippen molar-refractivity contribution in [1.82, 2.24) is 19.8 Å². The quantitative estimate of drug-likeness (QED) is 0.633. The minimum atomic E-state index is 0.381. The summed E-state index contributed by atoms with van der Waals surface area (Å²) in [6, 6.07) is 11.2. The third kappa shape index (κ3) is 6.40. The molecular formula is C23H36N4. The average molecular weight is 369 g/mol. The Bertz CT molecular complexity index is 692. The molecule has 0 saturated carbocycles. The van der Waals surface area contributed by atoms with Crippen molar-refractivity contribution in [2.45, 2.75) is 58.0 Å². The van der Waals surface area contributed by atoms with Crippen LogP contribution in [0.15, 0.2) is 36.5 Å². The molecule has 2 heterocycles. The monoisotopic (exact) mass is 368 g/mol. The highest BCUT2D eigenvalue weighted by Crippen LogP contribution is 2.29. The van der Waals surface area contributed by atoms with Crippen molar-refractivity contribution in [2.75, 3.05) is 28.2 Å². The number of rotatable bonds is 9.